The molecule has 5 rings (SSSR count). The maximum Gasteiger partial charge on any atom is 0.233 e. The van der Waals surface area contributed by atoms with E-state index in [0.717, 1.165) is 12.1 Å². The normalized spacial score (nSPS) is 16.1. The zero-order valence-electron chi connectivity index (χ0n) is 15.8. The molecule has 1 atom stereocenters. The van der Waals surface area contributed by atoms with Crippen LogP contribution in [-0.4, -0.2) is 39.4 Å². The van der Waals surface area contributed by atoms with Crippen LogP contribution in [0.3, 0.4) is 0 Å². The highest BCUT2D eigenvalue weighted by molar-refractivity contribution is 5.94. The number of hydrogen-bond acceptors (Lipinski definition) is 5. The molecule has 0 spiro atoms. The third-order valence-corrected chi connectivity index (χ3v) is 4.90. The lowest BCUT2D eigenvalue weighted by Gasteiger charge is -2.18. The van der Waals surface area contributed by atoms with Crippen LogP contribution < -0.4 is 10.1 Å². The highest BCUT2D eigenvalue weighted by Crippen LogP contribution is 2.32. The molecule has 0 bridgehead atoms. The maximum atomic E-state index is 14.2. The molecule has 0 saturated carbocycles. The van der Waals surface area contributed by atoms with Crippen molar-refractivity contribution in [1.82, 2.24) is 25.5 Å². The van der Waals surface area contributed by atoms with Crippen LogP contribution >= 0.6 is 0 Å². The number of aromatic amines is 1. The summed E-state index contributed by atoms with van der Waals surface area (Å²) >= 11 is 0. The van der Waals surface area contributed by atoms with Crippen molar-refractivity contribution in [3.8, 4) is 28.4 Å². The molecule has 0 fully saturated rings. The summed E-state index contributed by atoms with van der Waals surface area (Å²) in [5.74, 6) is -0.870. The fourth-order valence-electron chi connectivity index (χ4n) is 3.49. The van der Waals surface area contributed by atoms with Gasteiger partial charge in [0.2, 0.25) is 5.88 Å². The molecule has 2 N–H and O–H groups in total. The second-order valence-electron chi connectivity index (χ2n) is 6.91. The minimum atomic E-state index is -0.622. The quantitative estimate of drug-likeness (QED) is 0.504. The molecule has 0 radical (unpaired) electrons. The molecule has 0 aliphatic carbocycles. The van der Waals surface area contributed by atoms with Crippen molar-refractivity contribution in [2.75, 3.05) is 13.1 Å². The summed E-state index contributed by atoms with van der Waals surface area (Å²) in [5, 5.41) is 11.2. The van der Waals surface area contributed by atoms with Gasteiger partial charge in [-0.2, -0.15) is 5.10 Å². The summed E-state index contributed by atoms with van der Waals surface area (Å²) < 4.78 is 34.4. The van der Waals surface area contributed by atoms with Crippen LogP contribution in [0, 0.1) is 11.6 Å². The SMILES string of the molecule is Fc1cccc(F)c1-c1ccc2[nH]nc(-c3cncc(O[C@H]4C=CCNC4)n3)c2c1. The third-order valence-electron chi connectivity index (χ3n) is 4.90. The van der Waals surface area contributed by atoms with Gasteiger partial charge in [0, 0.05) is 18.5 Å². The van der Waals surface area contributed by atoms with Gasteiger partial charge in [0.25, 0.3) is 0 Å². The molecule has 0 saturated heterocycles. The van der Waals surface area contributed by atoms with Crippen LogP contribution in [0.4, 0.5) is 8.78 Å². The Bertz CT molecular complexity index is 1230. The van der Waals surface area contributed by atoms with Crippen molar-refractivity contribution in [3.63, 3.8) is 0 Å². The summed E-state index contributed by atoms with van der Waals surface area (Å²) in [6.45, 7) is 1.50. The number of nitrogens with zero attached hydrogens (tertiary/aromatic N) is 3. The molecule has 150 valence electrons. The number of nitrogens with one attached hydrogen (secondary N) is 2. The van der Waals surface area contributed by atoms with Crippen LogP contribution in [0.2, 0.25) is 0 Å². The minimum Gasteiger partial charge on any atom is -0.468 e. The van der Waals surface area contributed by atoms with E-state index in [2.05, 4.69) is 25.5 Å². The molecule has 1 aliphatic heterocycles. The van der Waals surface area contributed by atoms with E-state index in [0.29, 0.717) is 34.8 Å². The van der Waals surface area contributed by atoms with Gasteiger partial charge in [0.15, 0.2) is 0 Å². The molecule has 6 nitrogen and oxygen atoms in total. The Kier molecular flexibility index (Phi) is 4.68. The molecular weight excluding hydrogens is 388 g/mol. The van der Waals surface area contributed by atoms with Crippen LogP contribution in [0.1, 0.15) is 0 Å². The van der Waals surface area contributed by atoms with Gasteiger partial charge in [-0.05, 0) is 35.9 Å². The second kappa shape index (κ2) is 7.64. The predicted molar refractivity (Wildman–Crippen MR) is 109 cm³/mol. The largest absolute Gasteiger partial charge is 0.468 e. The Morgan fingerprint density at radius 3 is 2.73 bits per heavy atom. The standard InChI is InChI=1S/C22H17F2N5O/c23-16-4-1-5-17(24)21(16)13-6-7-18-15(9-13)22(29-28-18)19-11-26-12-20(27-19)30-14-3-2-8-25-10-14/h1-7,9,11-12,14,25H,8,10H2,(H,28,29)/t14-/m0/s1. The molecule has 0 amide bonds. The van der Waals surface area contributed by atoms with Crippen molar-refractivity contribution >= 4 is 10.9 Å². The Morgan fingerprint density at radius 2 is 1.93 bits per heavy atom. The highest BCUT2D eigenvalue weighted by Gasteiger charge is 2.17. The van der Waals surface area contributed by atoms with Crippen LogP contribution in [0.15, 0.2) is 60.9 Å². The molecule has 2 aromatic carbocycles. The topological polar surface area (TPSA) is 75.7 Å². The average molecular weight is 405 g/mol. The lowest BCUT2D eigenvalue weighted by molar-refractivity contribution is 0.230. The number of fused-ring (bicyclic) bond motifs is 1. The number of rotatable bonds is 4. The molecule has 0 unspecified atom stereocenters. The summed E-state index contributed by atoms with van der Waals surface area (Å²) in [5.41, 5.74) is 2.08. The van der Waals surface area contributed by atoms with Crippen LogP contribution in [-0.2, 0) is 0 Å². The summed E-state index contributed by atoms with van der Waals surface area (Å²) in [4.78, 5) is 8.74. The van der Waals surface area contributed by atoms with Gasteiger partial charge in [-0.3, -0.25) is 10.1 Å². The van der Waals surface area contributed by atoms with Gasteiger partial charge >= 0.3 is 0 Å². The number of aromatic nitrogens is 4. The van der Waals surface area contributed by atoms with E-state index in [9.17, 15) is 8.78 Å². The van der Waals surface area contributed by atoms with E-state index in [1.165, 1.54) is 18.2 Å². The van der Waals surface area contributed by atoms with Gasteiger partial charge in [-0.15, -0.1) is 0 Å². The fourth-order valence-corrected chi connectivity index (χ4v) is 3.49. The zero-order valence-corrected chi connectivity index (χ0v) is 15.8. The van der Waals surface area contributed by atoms with Crippen molar-refractivity contribution < 1.29 is 13.5 Å². The fraction of sp³-hybridized carbons (Fsp3) is 0.136. The molecule has 30 heavy (non-hydrogen) atoms. The number of benzene rings is 2. The number of ether oxygens (including phenoxy) is 1. The number of hydrogen-bond donors (Lipinski definition) is 2. The third kappa shape index (κ3) is 3.42. The molecule has 4 aromatic rings. The van der Waals surface area contributed by atoms with E-state index in [1.807, 2.05) is 12.2 Å². The minimum absolute atomic E-state index is 0.0775. The van der Waals surface area contributed by atoms with Crippen molar-refractivity contribution in [2.24, 2.45) is 0 Å². The van der Waals surface area contributed by atoms with Crippen LogP contribution in [0.5, 0.6) is 5.88 Å². The number of H-pyrrole nitrogens is 1. The van der Waals surface area contributed by atoms with E-state index >= 15 is 0 Å². The molecular formula is C22H17F2N5O. The zero-order chi connectivity index (χ0) is 20.5. The second-order valence-corrected chi connectivity index (χ2v) is 6.91. The Labute approximate surface area is 170 Å². The van der Waals surface area contributed by atoms with Gasteiger partial charge in [0.1, 0.15) is 29.1 Å². The Morgan fingerprint density at radius 1 is 1.07 bits per heavy atom. The van der Waals surface area contributed by atoms with E-state index in [4.69, 9.17) is 4.74 Å². The first-order valence-corrected chi connectivity index (χ1v) is 9.48. The van der Waals surface area contributed by atoms with Crippen LogP contribution in [0.25, 0.3) is 33.4 Å². The van der Waals surface area contributed by atoms with Crippen molar-refractivity contribution in [1.29, 1.82) is 0 Å². The lowest BCUT2D eigenvalue weighted by Crippen LogP contribution is -2.33. The molecule has 8 heteroatoms. The van der Waals surface area contributed by atoms with E-state index < -0.39 is 11.6 Å². The van der Waals surface area contributed by atoms with Crippen molar-refractivity contribution in [2.45, 2.75) is 6.10 Å². The Balaban J connectivity index is 1.54. The summed E-state index contributed by atoms with van der Waals surface area (Å²) in [7, 11) is 0. The van der Waals surface area contributed by atoms with Gasteiger partial charge in [-0.25, -0.2) is 13.8 Å². The molecule has 3 heterocycles. The monoisotopic (exact) mass is 405 g/mol. The molecule has 1 aliphatic rings. The summed E-state index contributed by atoms with van der Waals surface area (Å²) in [6.07, 6.45) is 6.96. The Hall–Kier alpha value is -3.65. The first-order valence-electron chi connectivity index (χ1n) is 9.48. The van der Waals surface area contributed by atoms with Crippen molar-refractivity contribution in [3.05, 3.63) is 72.6 Å². The lowest BCUT2D eigenvalue weighted by atomic mass is 10.0. The molecule has 2 aromatic heterocycles. The van der Waals surface area contributed by atoms with Gasteiger partial charge in [-0.1, -0.05) is 18.2 Å². The van der Waals surface area contributed by atoms with Gasteiger partial charge < -0.3 is 10.1 Å². The smallest absolute Gasteiger partial charge is 0.233 e. The average Bonchev–Trinajstić information content (AvgIpc) is 3.18. The number of halogens is 2. The maximum absolute atomic E-state index is 14.2. The predicted octanol–water partition coefficient (Wildman–Crippen LogP) is 3.87. The van der Waals surface area contributed by atoms with E-state index in [-0.39, 0.29) is 11.7 Å². The first kappa shape index (κ1) is 18.4. The van der Waals surface area contributed by atoms with E-state index in [1.54, 1.807) is 30.6 Å². The summed E-state index contributed by atoms with van der Waals surface area (Å²) in [6, 6.07) is 8.89. The van der Waals surface area contributed by atoms with Gasteiger partial charge in [0.05, 0.1) is 23.5 Å². The first-order chi connectivity index (χ1) is 14.7. The highest BCUT2D eigenvalue weighted by atomic mass is 19.1.